The number of hydrogen-bond acceptors (Lipinski definition) is 4. The van der Waals surface area contributed by atoms with Gasteiger partial charge in [-0.3, -0.25) is 14.5 Å². The Labute approximate surface area is 181 Å². The van der Waals surface area contributed by atoms with Crippen LogP contribution in [0.1, 0.15) is 18.1 Å². The van der Waals surface area contributed by atoms with Crippen molar-refractivity contribution >= 4 is 40.6 Å². The number of carbonyl (C=O) groups is 2. The van der Waals surface area contributed by atoms with E-state index in [0.717, 1.165) is 12.1 Å². The summed E-state index contributed by atoms with van der Waals surface area (Å²) in [5.74, 6) is -1.88. The highest BCUT2D eigenvalue weighted by molar-refractivity contribution is 6.31. The first-order valence-electron chi connectivity index (χ1n) is 8.98. The van der Waals surface area contributed by atoms with Gasteiger partial charge in [-0.1, -0.05) is 17.7 Å². The maximum absolute atomic E-state index is 13.7. The van der Waals surface area contributed by atoms with Gasteiger partial charge in [0.05, 0.1) is 17.7 Å². The molecule has 0 bridgehead atoms. The summed E-state index contributed by atoms with van der Waals surface area (Å²) in [6, 6.07) is 12.1. The van der Waals surface area contributed by atoms with Crippen LogP contribution >= 0.6 is 11.6 Å². The summed E-state index contributed by atoms with van der Waals surface area (Å²) >= 11 is 5.96. The van der Waals surface area contributed by atoms with Gasteiger partial charge in [-0.05, 0) is 42.0 Å². The van der Waals surface area contributed by atoms with Gasteiger partial charge in [0.2, 0.25) is 11.8 Å². The lowest BCUT2D eigenvalue weighted by atomic mass is 10.1. The van der Waals surface area contributed by atoms with E-state index >= 15 is 0 Å². The van der Waals surface area contributed by atoms with Gasteiger partial charge in [-0.2, -0.15) is 5.26 Å². The van der Waals surface area contributed by atoms with E-state index in [9.17, 15) is 18.4 Å². The zero-order valence-electron chi connectivity index (χ0n) is 16.2. The topological polar surface area (TPSA) is 86.1 Å². The van der Waals surface area contributed by atoms with Crippen molar-refractivity contribution in [3.63, 3.8) is 0 Å². The number of pyridine rings is 1. The minimum absolute atomic E-state index is 0.0866. The summed E-state index contributed by atoms with van der Waals surface area (Å²) in [6.45, 7) is 1.29. The molecule has 0 radical (unpaired) electrons. The second-order valence-corrected chi connectivity index (χ2v) is 6.90. The maximum atomic E-state index is 13.7. The molecule has 0 atom stereocenters. The molecule has 6 nitrogen and oxygen atoms in total. The number of anilines is 3. The molecule has 0 aliphatic carbocycles. The summed E-state index contributed by atoms with van der Waals surface area (Å²) in [5, 5.41) is 11.9. The standard InChI is InChI=1S/C22H15ClF2N4O2/c1-13(30)29(18-4-5-20(25)15(8-18)12-26)21-11-17(6-7-27-21)28-22(31)9-14-2-3-16(24)10-19(14)23/h2-8,10-11H,9H2,1H3,(H,27,28,31). The molecule has 3 rings (SSSR count). The quantitative estimate of drug-likeness (QED) is 0.620. The lowest BCUT2D eigenvalue weighted by Gasteiger charge is -2.21. The van der Waals surface area contributed by atoms with Crippen LogP contribution in [0.2, 0.25) is 5.02 Å². The summed E-state index contributed by atoms with van der Waals surface area (Å²) < 4.78 is 26.8. The summed E-state index contributed by atoms with van der Waals surface area (Å²) in [4.78, 5) is 30.0. The highest BCUT2D eigenvalue weighted by atomic mass is 35.5. The number of nitriles is 1. The van der Waals surface area contributed by atoms with Crippen molar-refractivity contribution in [2.45, 2.75) is 13.3 Å². The molecule has 0 saturated heterocycles. The van der Waals surface area contributed by atoms with E-state index in [-0.39, 0.29) is 28.5 Å². The lowest BCUT2D eigenvalue weighted by molar-refractivity contribution is -0.116. The van der Waals surface area contributed by atoms with E-state index in [2.05, 4.69) is 10.3 Å². The maximum Gasteiger partial charge on any atom is 0.229 e. The minimum atomic E-state index is -0.705. The molecule has 3 aromatic rings. The number of aromatic nitrogens is 1. The van der Waals surface area contributed by atoms with Crippen molar-refractivity contribution < 1.29 is 18.4 Å². The lowest BCUT2D eigenvalue weighted by Crippen LogP contribution is -2.24. The van der Waals surface area contributed by atoms with Crippen LogP contribution in [0.15, 0.2) is 54.7 Å². The Morgan fingerprint density at radius 1 is 1.16 bits per heavy atom. The van der Waals surface area contributed by atoms with Crippen LogP contribution in [-0.4, -0.2) is 16.8 Å². The van der Waals surface area contributed by atoms with E-state index in [0.29, 0.717) is 11.3 Å². The number of benzene rings is 2. The fourth-order valence-corrected chi connectivity index (χ4v) is 3.11. The first-order valence-corrected chi connectivity index (χ1v) is 9.36. The summed E-state index contributed by atoms with van der Waals surface area (Å²) in [7, 11) is 0. The van der Waals surface area contributed by atoms with Gasteiger partial charge in [-0.15, -0.1) is 0 Å². The molecular weight excluding hydrogens is 426 g/mol. The number of halogens is 3. The van der Waals surface area contributed by atoms with Crippen LogP contribution in [0.5, 0.6) is 0 Å². The Hall–Kier alpha value is -3.83. The third-order valence-electron chi connectivity index (χ3n) is 4.27. The van der Waals surface area contributed by atoms with Gasteiger partial charge >= 0.3 is 0 Å². The van der Waals surface area contributed by atoms with Crippen LogP contribution in [0.25, 0.3) is 0 Å². The van der Waals surface area contributed by atoms with Crippen LogP contribution < -0.4 is 10.2 Å². The van der Waals surface area contributed by atoms with Crippen molar-refractivity contribution in [3.8, 4) is 6.07 Å². The zero-order chi connectivity index (χ0) is 22.5. The predicted octanol–water partition coefficient (Wildman–Crippen LogP) is 4.75. The van der Waals surface area contributed by atoms with E-state index in [1.807, 2.05) is 0 Å². The normalized spacial score (nSPS) is 10.3. The Morgan fingerprint density at radius 2 is 1.94 bits per heavy atom. The number of rotatable bonds is 5. The Balaban J connectivity index is 1.84. The largest absolute Gasteiger partial charge is 0.326 e. The SMILES string of the molecule is CC(=O)N(c1ccc(F)c(C#N)c1)c1cc(NC(=O)Cc2ccc(F)cc2Cl)ccn1. The van der Waals surface area contributed by atoms with Gasteiger partial charge in [-0.25, -0.2) is 13.8 Å². The molecule has 1 N–H and O–H groups in total. The van der Waals surface area contributed by atoms with Gasteiger partial charge < -0.3 is 5.32 Å². The Kier molecular flexibility index (Phi) is 6.58. The molecule has 31 heavy (non-hydrogen) atoms. The molecule has 0 aliphatic heterocycles. The molecule has 2 amide bonds. The molecule has 0 unspecified atom stereocenters. The van der Waals surface area contributed by atoms with Crippen molar-refractivity contribution in [1.82, 2.24) is 4.98 Å². The van der Waals surface area contributed by atoms with Gasteiger partial charge in [0.15, 0.2) is 0 Å². The van der Waals surface area contributed by atoms with Crippen molar-refractivity contribution in [1.29, 1.82) is 5.26 Å². The highest BCUT2D eigenvalue weighted by Gasteiger charge is 2.18. The number of nitrogens with zero attached hydrogens (tertiary/aromatic N) is 3. The summed E-state index contributed by atoms with van der Waals surface area (Å²) in [6.07, 6.45) is 1.30. The van der Waals surface area contributed by atoms with Gasteiger partial charge in [0, 0.05) is 29.9 Å². The van der Waals surface area contributed by atoms with Gasteiger partial charge in [0.1, 0.15) is 23.5 Å². The Morgan fingerprint density at radius 3 is 2.61 bits per heavy atom. The molecule has 0 fully saturated rings. The zero-order valence-corrected chi connectivity index (χ0v) is 17.0. The molecule has 1 aromatic heterocycles. The number of amides is 2. The summed E-state index contributed by atoms with van der Waals surface area (Å²) in [5.41, 5.74) is 0.835. The fraction of sp³-hybridized carbons (Fsp3) is 0.0909. The van der Waals surface area contributed by atoms with Crippen LogP contribution in [0.4, 0.5) is 26.0 Å². The Bertz CT molecular complexity index is 1210. The van der Waals surface area contributed by atoms with Gasteiger partial charge in [0.25, 0.3) is 0 Å². The molecule has 156 valence electrons. The first kappa shape index (κ1) is 21.9. The smallest absolute Gasteiger partial charge is 0.229 e. The van der Waals surface area contributed by atoms with Crippen molar-refractivity contribution in [3.05, 3.63) is 82.5 Å². The average molecular weight is 441 g/mol. The minimum Gasteiger partial charge on any atom is -0.326 e. The molecule has 0 spiro atoms. The third-order valence-corrected chi connectivity index (χ3v) is 4.62. The van der Waals surface area contributed by atoms with Crippen LogP contribution in [-0.2, 0) is 16.0 Å². The van der Waals surface area contributed by atoms with E-state index < -0.39 is 23.4 Å². The number of nitrogens with one attached hydrogen (secondary N) is 1. The second-order valence-electron chi connectivity index (χ2n) is 6.49. The molecule has 1 heterocycles. The van der Waals surface area contributed by atoms with Crippen molar-refractivity contribution in [2.24, 2.45) is 0 Å². The van der Waals surface area contributed by atoms with Crippen molar-refractivity contribution in [2.75, 3.05) is 10.2 Å². The first-order chi connectivity index (χ1) is 14.8. The molecular formula is C22H15ClF2N4O2. The van der Waals surface area contributed by atoms with E-state index in [4.69, 9.17) is 16.9 Å². The monoisotopic (exact) mass is 440 g/mol. The third kappa shape index (κ3) is 5.21. The molecule has 2 aromatic carbocycles. The van der Waals surface area contributed by atoms with E-state index in [1.54, 1.807) is 6.07 Å². The fourth-order valence-electron chi connectivity index (χ4n) is 2.88. The second kappa shape index (κ2) is 9.32. The molecule has 9 heteroatoms. The number of hydrogen-bond donors (Lipinski definition) is 1. The van der Waals surface area contributed by atoms with E-state index in [1.165, 1.54) is 54.4 Å². The number of carbonyl (C=O) groups excluding carboxylic acids is 2. The molecule has 0 saturated carbocycles. The van der Waals surface area contributed by atoms with Crippen LogP contribution in [0.3, 0.4) is 0 Å². The van der Waals surface area contributed by atoms with Crippen LogP contribution in [0, 0.1) is 23.0 Å². The molecule has 0 aliphatic rings. The average Bonchev–Trinajstić information content (AvgIpc) is 2.71. The highest BCUT2D eigenvalue weighted by Crippen LogP contribution is 2.27. The predicted molar refractivity (Wildman–Crippen MR) is 112 cm³/mol.